The molecule has 19 heavy (non-hydrogen) atoms. The Labute approximate surface area is 112 Å². The van der Waals surface area contributed by atoms with Crippen molar-refractivity contribution in [2.45, 2.75) is 39.2 Å². The summed E-state index contributed by atoms with van der Waals surface area (Å²) < 4.78 is 0. The number of nitro groups is 1. The van der Waals surface area contributed by atoms with E-state index in [4.69, 9.17) is 0 Å². The minimum atomic E-state index is -0.426. The van der Waals surface area contributed by atoms with Crippen LogP contribution in [0.2, 0.25) is 0 Å². The van der Waals surface area contributed by atoms with E-state index in [2.05, 4.69) is 20.6 Å². The van der Waals surface area contributed by atoms with E-state index in [-0.39, 0.29) is 11.7 Å². The molecule has 1 aliphatic rings. The van der Waals surface area contributed by atoms with Gasteiger partial charge in [0.2, 0.25) is 11.8 Å². The number of hydrogen-bond donors (Lipinski definition) is 2. The first-order valence-corrected chi connectivity index (χ1v) is 6.50. The highest BCUT2D eigenvalue weighted by Crippen LogP contribution is 2.33. The number of nitrogens with zero attached hydrogens (tertiary/aromatic N) is 3. The van der Waals surface area contributed by atoms with Gasteiger partial charge < -0.3 is 10.6 Å². The molecule has 1 aromatic rings. The Kier molecular flexibility index (Phi) is 3.82. The number of aromatic nitrogens is 2. The Hall–Kier alpha value is -1.92. The molecule has 1 aliphatic carbocycles. The lowest BCUT2D eigenvalue weighted by molar-refractivity contribution is -0.385. The molecule has 1 fully saturated rings. The quantitative estimate of drug-likeness (QED) is 0.627. The van der Waals surface area contributed by atoms with Crippen LogP contribution in [0, 0.1) is 23.0 Å². The molecular weight excluding hydrogens is 246 g/mol. The van der Waals surface area contributed by atoms with Crippen molar-refractivity contribution in [1.82, 2.24) is 9.97 Å². The molecule has 0 aliphatic heterocycles. The van der Waals surface area contributed by atoms with E-state index in [1.165, 1.54) is 19.3 Å². The lowest BCUT2D eigenvalue weighted by Gasteiger charge is -2.32. The van der Waals surface area contributed by atoms with Crippen molar-refractivity contribution in [3.05, 3.63) is 15.8 Å². The number of anilines is 2. The van der Waals surface area contributed by atoms with Crippen LogP contribution in [-0.4, -0.2) is 28.0 Å². The van der Waals surface area contributed by atoms with Crippen LogP contribution < -0.4 is 10.6 Å². The predicted octanol–water partition coefficient (Wildman–Crippen LogP) is 2.34. The second kappa shape index (κ2) is 5.38. The standard InChI is InChI=1S/C12H19N5O2/c1-7(9-5-4-6-9)14-11-10(17(18)19)8(2)15-12(13-3)16-11/h7,9H,4-6H2,1-3H3,(H2,13,14,15,16). The first-order valence-electron chi connectivity index (χ1n) is 6.50. The van der Waals surface area contributed by atoms with Gasteiger partial charge in [0, 0.05) is 13.1 Å². The summed E-state index contributed by atoms with van der Waals surface area (Å²) in [5.41, 5.74) is 0.331. The van der Waals surface area contributed by atoms with Crippen molar-refractivity contribution in [1.29, 1.82) is 0 Å². The summed E-state index contributed by atoms with van der Waals surface area (Å²) in [6, 6.07) is 0.187. The third-order valence-corrected chi connectivity index (χ3v) is 3.69. The van der Waals surface area contributed by atoms with Gasteiger partial charge in [0.05, 0.1) is 4.92 Å². The highest BCUT2D eigenvalue weighted by Gasteiger charge is 2.28. The highest BCUT2D eigenvalue weighted by molar-refractivity contribution is 5.61. The van der Waals surface area contributed by atoms with Crippen LogP contribution >= 0.6 is 0 Å². The van der Waals surface area contributed by atoms with Crippen molar-refractivity contribution < 1.29 is 4.92 Å². The Morgan fingerprint density at radius 2 is 2.11 bits per heavy atom. The first-order chi connectivity index (χ1) is 9.02. The third-order valence-electron chi connectivity index (χ3n) is 3.69. The zero-order valence-electron chi connectivity index (χ0n) is 11.4. The summed E-state index contributed by atoms with van der Waals surface area (Å²) in [6.45, 7) is 3.67. The van der Waals surface area contributed by atoms with Crippen LogP contribution in [0.25, 0.3) is 0 Å². The molecule has 7 heteroatoms. The smallest absolute Gasteiger partial charge is 0.332 e. The summed E-state index contributed by atoms with van der Waals surface area (Å²) >= 11 is 0. The van der Waals surface area contributed by atoms with Gasteiger partial charge in [-0.1, -0.05) is 6.42 Å². The Morgan fingerprint density at radius 3 is 2.58 bits per heavy atom. The molecule has 0 radical (unpaired) electrons. The molecular formula is C12H19N5O2. The highest BCUT2D eigenvalue weighted by atomic mass is 16.6. The summed E-state index contributed by atoms with van der Waals surface area (Å²) in [5, 5.41) is 17.1. The lowest BCUT2D eigenvalue weighted by atomic mass is 9.80. The largest absolute Gasteiger partial charge is 0.361 e. The molecule has 0 saturated heterocycles. The summed E-state index contributed by atoms with van der Waals surface area (Å²) in [7, 11) is 1.69. The maximum Gasteiger partial charge on any atom is 0.332 e. The van der Waals surface area contributed by atoms with E-state index in [1.54, 1.807) is 14.0 Å². The van der Waals surface area contributed by atoms with E-state index >= 15 is 0 Å². The molecule has 1 atom stereocenters. The van der Waals surface area contributed by atoms with Gasteiger partial charge in [-0.3, -0.25) is 10.1 Å². The summed E-state index contributed by atoms with van der Waals surface area (Å²) in [6.07, 6.45) is 3.58. The van der Waals surface area contributed by atoms with Crippen LogP contribution in [-0.2, 0) is 0 Å². The van der Waals surface area contributed by atoms with E-state index in [0.717, 1.165) is 0 Å². The van der Waals surface area contributed by atoms with Crippen LogP contribution in [0.3, 0.4) is 0 Å². The van der Waals surface area contributed by atoms with Crippen LogP contribution in [0.1, 0.15) is 31.9 Å². The van der Waals surface area contributed by atoms with E-state index < -0.39 is 4.92 Å². The van der Waals surface area contributed by atoms with Crippen LogP contribution in [0.15, 0.2) is 0 Å². The molecule has 7 nitrogen and oxygen atoms in total. The fraction of sp³-hybridized carbons (Fsp3) is 0.667. The van der Waals surface area contributed by atoms with Crippen LogP contribution in [0.4, 0.5) is 17.5 Å². The fourth-order valence-corrected chi connectivity index (χ4v) is 2.27. The van der Waals surface area contributed by atoms with Crippen molar-refractivity contribution in [2.24, 2.45) is 5.92 Å². The normalized spacial score (nSPS) is 16.6. The molecule has 2 rings (SSSR count). The lowest BCUT2D eigenvalue weighted by Crippen LogP contribution is -2.31. The van der Waals surface area contributed by atoms with Gasteiger partial charge in [-0.15, -0.1) is 0 Å². The number of aryl methyl sites for hydroxylation is 1. The molecule has 0 bridgehead atoms. The number of rotatable bonds is 5. The molecule has 104 valence electrons. The molecule has 1 unspecified atom stereocenters. The molecule has 0 spiro atoms. The Balaban J connectivity index is 2.29. The predicted molar refractivity (Wildman–Crippen MR) is 73.4 cm³/mol. The van der Waals surface area contributed by atoms with Gasteiger partial charge in [-0.25, -0.2) is 4.98 Å². The van der Waals surface area contributed by atoms with Gasteiger partial charge in [0.1, 0.15) is 5.69 Å². The summed E-state index contributed by atoms with van der Waals surface area (Å²) in [5.74, 6) is 1.28. The van der Waals surface area contributed by atoms with Gasteiger partial charge in [-0.2, -0.15) is 4.98 Å². The maximum atomic E-state index is 11.1. The molecule has 0 aromatic carbocycles. The van der Waals surface area contributed by atoms with E-state index in [9.17, 15) is 10.1 Å². The van der Waals surface area contributed by atoms with Gasteiger partial charge in [0.25, 0.3) is 0 Å². The van der Waals surface area contributed by atoms with Crippen LogP contribution in [0.5, 0.6) is 0 Å². The number of nitrogens with one attached hydrogen (secondary N) is 2. The van der Waals surface area contributed by atoms with Gasteiger partial charge in [0.15, 0.2) is 0 Å². The zero-order chi connectivity index (χ0) is 14.0. The topological polar surface area (TPSA) is 93.0 Å². The van der Waals surface area contributed by atoms with Crippen molar-refractivity contribution in [3.63, 3.8) is 0 Å². The second-order valence-electron chi connectivity index (χ2n) is 4.96. The van der Waals surface area contributed by atoms with Gasteiger partial charge >= 0.3 is 5.69 Å². The van der Waals surface area contributed by atoms with E-state index in [1.807, 2.05) is 6.92 Å². The second-order valence-corrected chi connectivity index (χ2v) is 4.96. The molecule has 2 N–H and O–H groups in total. The van der Waals surface area contributed by atoms with Crippen molar-refractivity contribution >= 4 is 17.5 Å². The third kappa shape index (κ3) is 2.74. The summed E-state index contributed by atoms with van der Waals surface area (Å²) in [4.78, 5) is 19.0. The fourth-order valence-electron chi connectivity index (χ4n) is 2.27. The SMILES string of the molecule is CNc1nc(C)c([N+](=O)[O-])c(NC(C)C2CCC2)n1. The molecule has 1 heterocycles. The molecule has 1 saturated carbocycles. The first kappa shape index (κ1) is 13.5. The van der Waals surface area contributed by atoms with Gasteiger partial charge in [-0.05, 0) is 32.6 Å². The average molecular weight is 265 g/mol. The average Bonchev–Trinajstić information content (AvgIpc) is 2.24. The monoisotopic (exact) mass is 265 g/mol. The molecule has 0 amide bonds. The van der Waals surface area contributed by atoms with E-state index in [0.29, 0.717) is 23.4 Å². The minimum Gasteiger partial charge on any atom is -0.361 e. The number of hydrogen-bond acceptors (Lipinski definition) is 6. The maximum absolute atomic E-state index is 11.1. The van der Waals surface area contributed by atoms with Crippen molar-refractivity contribution in [3.8, 4) is 0 Å². The Morgan fingerprint density at radius 1 is 1.42 bits per heavy atom. The minimum absolute atomic E-state index is 0.0369. The zero-order valence-corrected chi connectivity index (χ0v) is 11.4. The van der Waals surface area contributed by atoms with Crippen molar-refractivity contribution in [2.75, 3.05) is 17.7 Å². The Bertz CT molecular complexity index is 487. The molecule has 1 aromatic heterocycles.